The van der Waals surface area contributed by atoms with Crippen LogP contribution >= 0.6 is 22.9 Å². The molecule has 0 spiro atoms. The lowest BCUT2D eigenvalue weighted by Crippen LogP contribution is -2.17. The van der Waals surface area contributed by atoms with Crippen LogP contribution in [-0.4, -0.2) is 40.3 Å². The largest absolute Gasteiger partial charge is 0.470 e. The van der Waals surface area contributed by atoms with Crippen LogP contribution in [0.2, 0.25) is 5.02 Å². The molecule has 0 bridgehead atoms. The second-order valence-corrected chi connectivity index (χ2v) is 8.76. The van der Waals surface area contributed by atoms with Gasteiger partial charge in [-0.3, -0.25) is 4.79 Å². The molecule has 1 N–H and O–H groups in total. The van der Waals surface area contributed by atoms with Crippen molar-refractivity contribution in [1.82, 2.24) is 9.78 Å². The lowest BCUT2D eigenvalue weighted by molar-refractivity contribution is 0.0379. The molecule has 0 fully saturated rings. The highest BCUT2D eigenvalue weighted by Crippen LogP contribution is 2.35. The van der Waals surface area contributed by atoms with E-state index < -0.39 is 17.8 Å². The minimum absolute atomic E-state index is 0.0358. The van der Waals surface area contributed by atoms with E-state index in [1.165, 1.54) is 10.7 Å². The summed E-state index contributed by atoms with van der Waals surface area (Å²) in [6, 6.07) is 8.50. The molecule has 3 aromatic rings. The number of nitrogens with one attached hydrogen (secondary N) is 1. The van der Waals surface area contributed by atoms with Crippen molar-refractivity contribution < 1.29 is 28.6 Å². The number of thiophene rings is 1. The smallest absolute Gasteiger partial charge is 0.348 e. The molecule has 0 unspecified atom stereocenters. The first-order chi connectivity index (χ1) is 16.2. The van der Waals surface area contributed by atoms with E-state index in [9.17, 15) is 14.4 Å². The van der Waals surface area contributed by atoms with Crippen LogP contribution < -0.4 is 10.1 Å². The van der Waals surface area contributed by atoms with Crippen LogP contribution in [0, 0.1) is 6.92 Å². The van der Waals surface area contributed by atoms with Crippen molar-refractivity contribution in [3.63, 3.8) is 0 Å². The molecule has 11 heteroatoms. The zero-order chi connectivity index (χ0) is 24.8. The molecule has 0 saturated heterocycles. The SMILES string of the molecule is CCOC(=O)c1sc(NC(=O)c2ccn(COc3ccccc3Cl)n2)c(C(=O)OC(C)C)c1C. The van der Waals surface area contributed by atoms with Crippen LogP contribution in [0.5, 0.6) is 5.75 Å². The molecule has 0 aliphatic carbocycles. The first-order valence-corrected chi connectivity index (χ1v) is 11.6. The highest BCUT2D eigenvalue weighted by atomic mass is 35.5. The third-order valence-corrected chi connectivity index (χ3v) is 5.94. The molecule has 1 amide bonds. The fourth-order valence-corrected chi connectivity index (χ4v) is 4.21. The number of aromatic nitrogens is 2. The van der Waals surface area contributed by atoms with Crippen molar-refractivity contribution in [2.45, 2.75) is 40.5 Å². The van der Waals surface area contributed by atoms with Crippen LogP contribution in [0.4, 0.5) is 5.00 Å². The number of halogens is 1. The normalized spacial score (nSPS) is 10.8. The van der Waals surface area contributed by atoms with E-state index in [4.69, 9.17) is 25.8 Å². The van der Waals surface area contributed by atoms with E-state index in [0.717, 1.165) is 11.3 Å². The third kappa shape index (κ3) is 5.95. The van der Waals surface area contributed by atoms with Crippen molar-refractivity contribution in [2.24, 2.45) is 0 Å². The molecule has 0 saturated carbocycles. The van der Waals surface area contributed by atoms with E-state index in [-0.39, 0.29) is 40.6 Å². The molecular formula is C23H24ClN3O6S. The molecule has 0 aliphatic heterocycles. The lowest BCUT2D eigenvalue weighted by Gasteiger charge is -2.10. The fourth-order valence-electron chi connectivity index (χ4n) is 2.93. The van der Waals surface area contributed by atoms with E-state index >= 15 is 0 Å². The summed E-state index contributed by atoms with van der Waals surface area (Å²) in [5, 5.41) is 7.51. The summed E-state index contributed by atoms with van der Waals surface area (Å²) in [5.74, 6) is -1.30. The minimum Gasteiger partial charge on any atom is -0.470 e. The van der Waals surface area contributed by atoms with Gasteiger partial charge in [0.25, 0.3) is 5.91 Å². The maximum absolute atomic E-state index is 12.9. The quantitative estimate of drug-likeness (QED) is 0.410. The van der Waals surface area contributed by atoms with Gasteiger partial charge in [0.15, 0.2) is 12.4 Å². The van der Waals surface area contributed by atoms with Crippen LogP contribution in [0.3, 0.4) is 0 Å². The number of carbonyl (C=O) groups excluding carboxylic acids is 3. The summed E-state index contributed by atoms with van der Waals surface area (Å²) < 4.78 is 17.4. The molecule has 0 radical (unpaired) electrons. The number of rotatable bonds is 9. The summed E-state index contributed by atoms with van der Waals surface area (Å²) in [6.07, 6.45) is 1.19. The van der Waals surface area contributed by atoms with Gasteiger partial charge >= 0.3 is 11.9 Å². The number of hydrogen-bond acceptors (Lipinski definition) is 8. The number of nitrogens with zero attached hydrogens (tertiary/aromatic N) is 2. The van der Waals surface area contributed by atoms with Crippen LogP contribution in [-0.2, 0) is 16.2 Å². The van der Waals surface area contributed by atoms with Gasteiger partial charge in [0.1, 0.15) is 15.6 Å². The Morgan fingerprint density at radius 1 is 1.18 bits per heavy atom. The molecule has 1 aromatic carbocycles. The molecule has 180 valence electrons. The number of anilines is 1. The Kier molecular flexibility index (Phi) is 8.30. The summed E-state index contributed by atoms with van der Waals surface area (Å²) in [5.41, 5.74) is 0.578. The van der Waals surface area contributed by atoms with E-state index in [1.54, 1.807) is 58.2 Å². The summed E-state index contributed by atoms with van der Waals surface area (Å²) in [4.78, 5) is 38.1. The monoisotopic (exact) mass is 505 g/mol. The number of benzene rings is 1. The second-order valence-electron chi connectivity index (χ2n) is 7.33. The summed E-state index contributed by atoms with van der Waals surface area (Å²) >= 11 is 7.02. The molecule has 0 aliphatic rings. The fraction of sp³-hybridized carbons (Fsp3) is 0.304. The number of esters is 2. The zero-order valence-corrected chi connectivity index (χ0v) is 20.7. The van der Waals surface area contributed by atoms with Crippen LogP contribution in [0.15, 0.2) is 36.5 Å². The Labute approximate surface area is 205 Å². The lowest BCUT2D eigenvalue weighted by atomic mass is 10.1. The van der Waals surface area contributed by atoms with Gasteiger partial charge in [-0.1, -0.05) is 23.7 Å². The minimum atomic E-state index is -0.645. The predicted molar refractivity (Wildman–Crippen MR) is 128 cm³/mol. The van der Waals surface area contributed by atoms with Gasteiger partial charge in [-0.25, -0.2) is 14.3 Å². The zero-order valence-electron chi connectivity index (χ0n) is 19.1. The van der Waals surface area contributed by atoms with Gasteiger partial charge in [-0.15, -0.1) is 11.3 Å². The van der Waals surface area contributed by atoms with Gasteiger partial charge in [-0.05, 0) is 51.5 Å². The van der Waals surface area contributed by atoms with Crippen molar-refractivity contribution >= 4 is 45.8 Å². The van der Waals surface area contributed by atoms with Gasteiger partial charge in [-0.2, -0.15) is 5.10 Å². The van der Waals surface area contributed by atoms with Gasteiger partial charge in [0.2, 0.25) is 0 Å². The van der Waals surface area contributed by atoms with E-state index in [1.807, 2.05) is 0 Å². The molecule has 9 nitrogen and oxygen atoms in total. The second kappa shape index (κ2) is 11.2. The maximum atomic E-state index is 12.9. The Morgan fingerprint density at radius 3 is 2.59 bits per heavy atom. The van der Waals surface area contributed by atoms with Crippen molar-refractivity contribution in [2.75, 3.05) is 11.9 Å². The first-order valence-electron chi connectivity index (χ1n) is 10.4. The van der Waals surface area contributed by atoms with Gasteiger partial charge < -0.3 is 19.5 Å². The molecule has 2 heterocycles. The van der Waals surface area contributed by atoms with E-state index in [2.05, 4.69) is 10.4 Å². The van der Waals surface area contributed by atoms with Crippen LogP contribution in [0.25, 0.3) is 0 Å². The summed E-state index contributed by atoms with van der Waals surface area (Å²) in [7, 11) is 0. The standard InChI is InChI=1S/C23H24ClN3O6S/c1-5-31-23(30)19-14(4)18(22(29)33-13(2)3)21(34-19)25-20(28)16-10-11-27(26-16)12-32-17-9-7-6-8-15(17)24/h6-11,13H,5,12H2,1-4H3,(H,25,28). The number of para-hydroxylation sites is 1. The topological polar surface area (TPSA) is 109 Å². The molecule has 0 atom stereocenters. The van der Waals surface area contributed by atoms with Gasteiger partial charge in [0.05, 0.1) is 23.3 Å². The maximum Gasteiger partial charge on any atom is 0.348 e. The van der Waals surface area contributed by atoms with Crippen molar-refractivity contribution in [3.8, 4) is 5.75 Å². The number of hydrogen-bond donors (Lipinski definition) is 1. The number of amides is 1. The highest BCUT2D eigenvalue weighted by Gasteiger charge is 2.28. The van der Waals surface area contributed by atoms with E-state index in [0.29, 0.717) is 16.3 Å². The highest BCUT2D eigenvalue weighted by molar-refractivity contribution is 7.18. The average molecular weight is 506 g/mol. The molecule has 3 rings (SSSR count). The van der Waals surface area contributed by atoms with Crippen molar-refractivity contribution in [1.29, 1.82) is 0 Å². The summed E-state index contributed by atoms with van der Waals surface area (Å²) in [6.45, 7) is 6.92. The van der Waals surface area contributed by atoms with Gasteiger partial charge in [0, 0.05) is 6.20 Å². The molecule has 2 aromatic heterocycles. The average Bonchev–Trinajstić information content (AvgIpc) is 3.37. The number of carbonyl (C=O) groups is 3. The number of ether oxygens (including phenoxy) is 3. The molecular weight excluding hydrogens is 482 g/mol. The van der Waals surface area contributed by atoms with Crippen LogP contribution in [0.1, 0.15) is 56.9 Å². The Balaban J connectivity index is 1.79. The Hall–Kier alpha value is -3.37. The Bertz CT molecular complexity index is 1200. The predicted octanol–water partition coefficient (Wildman–Crippen LogP) is 4.94. The third-order valence-electron chi connectivity index (χ3n) is 4.44. The first kappa shape index (κ1) is 25.3. The van der Waals surface area contributed by atoms with Crippen molar-refractivity contribution in [3.05, 3.63) is 63.2 Å². The Morgan fingerprint density at radius 2 is 1.91 bits per heavy atom. The molecule has 34 heavy (non-hydrogen) atoms.